The molecule has 0 spiro atoms. The minimum atomic E-state index is -0.0652. The quantitative estimate of drug-likeness (QED) is 0.674. The minimum Gasteiger partial charge on any atom is -0.356 e. The van der Waals surface area contributed by atoms with Gasteiger partial charge in [0.05, 0.1) is 0 Å². The standard InChI is InChI=1S/C9H20N2OS/c1-7(6-10)9(12)11-5-4-8(2)13-3/h7-8H,4-6,10H2,1-3H3,(H,11,12). The van der Waals surface area contributed by atoms with E-state index in [2.05, 4.69) is 18.5 Å². The average Bonchev–Trinajstić information content (AvgIpc) is 2.15. The summed E-state index contributed by atoms with van der Waals surface area (Å²) < 4.78 is 0. The van der Waals surface area contributed by atoms with Crippen molar-refractivity contribution in [3.63, 3.8) is 0 Å². The first kappa shape index (κ1) is 12.8. The number of hydrogen-bond acceptors (Lipinski definition) is 3. The first-order valence-electron chi connectivity index (χ1n) is 4.62. The summed E-state index contributed by atoms with van der Waals surface area (Å²) in [7, 11) is 0. The molecule has 0 radical (unpaired) electrons. The number of nitrogens with one attached hydrogen (secondary N) is 1. The summed E-state index contributed by atoms with van der Waals surface area (Å²) in [6.07, 6.45) is 3.10. The molecule has 78 valence electrons. The van der Waals surface area contributed by atoms with Gasteiger partial charge in [-0.25, -0.2) is 0 Å². The molecule has 0 saturated carbocycles. The maximum absolute atomic E-state index is 11.2. The van der Waals surface area contributed by atoms with Crippen molar-refractivity contribution in [2.45, 2.75) is 25.5 Å². The monoisotopic (exact) mass is 204 g/mol. The second-order valence-corrected chi connectivity index (χ2v) is 4.54. The molecule has 2 unspecified atom stereocenters. The first-order valence-corrected chi connectivity index (χ1v) is 5.91. The van der Waals surface area contributed by atoms with Gasteiger partial charge in [0, 0.05) is 24.3 Å². The van der Waals surface area contributed by atoms with Gasteiger partial charge in [0.2, 0.25) is 5.91 Å². The van der Waals surface area contributed by atoms with Crippen molar-refractivity contribution in [1.29, 1.82) is 0 Å². The maximum Gasteiger partial charge on any atom is 0.224 e. The molecule has 0 aromatic carbocycles. The van der Waals surface area contributed by atoms with Crippen LogP contribution in [-0.4, -0.2) is 30.5 Å². The third-order valence-corrected chi connectivity index (χ3v) is 3.09. The Morgan fingerprint density at radius 3 is 2.62 bits per heavy atom. The fourth-order valence-electron chi connectivity index (χ4n) is 0.798. The van der Waals surface area contributed by atoms with Gasteiger partial charge in [0.15, 0.2) is 0 Å². The molecule has 0 aliphatic heterocycles. The van der Waals surface area contributed by atoms with E-state index >= 15 is 0 Å². The number of hydrogen-bond donors (Lipinski definition) is 2. The number of thioether (sulfide) groups is 1. The molecule has 0 aliphatic rings. The molecule has 0 heterocycles. The van der Waals surface area contributed by atoms with E-state index in [4.69, 9.17) is 5.73 Å². The van der Waals surface area contributed by atoms with E-state index < -0.39 is 0 Å². The van der Waals surface area contributed by atoms with Crippen molar-refractivity contribution in [1.82, 2.24) is 5.32 Å². The van der Waals surface area contributed by atoms with Gasteiger partial charge in [-0.1, -0.05) is 13.8 Å². The predicted octanol–water partition coefficient (Wildman–Crippen LogP) is 0.839. The highest BCUT2D eigenvalue weighted by Crippen LogP contribution is 2.07. The van der Waals surface area contributed by atoms with Crippen LogP contribution in [0.3, 0.4) is 0 Å². The topological polar surface area (TPSA) is 55.1 Å². The Balaban J connectivity index is 3.47. The van der Waals surface area contributed by atoms with Crippen LogP contribution in [0.1, 0.15) is 20.3 Å². The van der Waals surface area contributed by atoms with Crippen molar-refractivity contribution in [2.75, 3.05) is 19.3 Å². The molecule has 2 atom stereocenters. The van der Waals surface area contributed by atoms with Crippen LogP contribution in [0, 0.1) is 5.92 Å². The van der Waals surface area contributed by atoms with E-state index in [9.17, 15) is 4.79 Å². The zero-order valence-electron chi connectivity index (χ0n) is 8.67. The second-order valence-electron chi connectivity index (χ2n) is 3.26. The van der Waals surface area contributed by atoms with Crippen LogP contribution in [0.4, 0.5) is 0 Å². The molecule has 3 N–H and O–H groups in total. The highest BCUT2D eigenvalue weighted by atomic mass is 32.2. The van der Waals surface area contributed by atoms with Gasteiger partial charge in [0.1, 0.15) is 0 Å². The number of nitrogens with two attached hydrogens (primary N) is 1. The highest BCUT2D eigenvalue weighted by Gasteiger charge is 2.09. The molecule has 13 heavy (non-hydrogen) atoms. The zero-order chi connectivity index (χ0) is 10.3. The summed E-state index contributed by atoms with van der Waals surface area (Å²) in [5, 5.41) is 3.47. The number of carbonyl (C=O) groups excluding carboxylic acids is 1. The lowest BCUT2D eigenvalue weighted by Crippen LogP contribution is -2.34. The van der Waals surface area contributed by atoms with Crippen LogP contribution in [0.5, 0.6) is 0 Å². The van der Waals surface area contributed by atoms with Crippen LogP contribution in [-0.2, 0) is 4.79 Å². The lowest BCUT2D eigenvalue weighted by molar-refractivity contribution is -0.124. The van der Waals surface area contributed by atoms with Gasteiger partial charge < -0.3 is 11.1 Å². The van der Waals surface area contributed by atoms with Gasteiger partial charge in [-0.15, -0.1) is 0 Å². The SMILES string of the molecule is CSC(C)CCNC(=O)C(C)CN. The molecule has 0 saturated heterocycles. The lowest BCUT2D eigenvalue weighted by Gasteiger charge is -2.11. The number of amides is 1. The molecule has 0 fully saturated rings. The normalized spacial score (nSPS) is 15.1. The molecule has 0 aliphatic carbocycles. The van der Waals surface area contributed by atoms with E-state index in [-0.39, 0.29) is 11.8 Å². The molecular formula is C9H20N2OS. The number of carbonyl (C=O) groups is 1. The Hall–Kier alpha value is -0.220. The zero-order valence-corrected chi connectivity index (χ0v) is 9.49. The Labute approximate surface area is 84.8 Å². The molecule has 4 heteroatoms. The average molecular weight is 204 g/mol. The Morgan fingerprint density at radius 2 is 2.15 bits per heavy atom. The Morgan fingerprint density at radius 1 is 1.54 bits per heavy atom. The molecule has 0 rings (SSSR count). The summed E-state index contributed by atoms with van der Waals surface area (Å²) in [6.45, 7) is 5.17. The van der Waals surface area contributed by atoms with Crippen molar-refractivity contribution >= 4 is 17.7 Å². The van der Waals surface area contributed by atoms with Gasteiger partial charge >= 0.3 is 0 Å². The fraction of sp³-hybridized carbons (Fsp3) is 0.889. The van der Waals surface area contributed by atoms with E-state index in [1.165, 1.54) is 0 Å². The summed E-state index contributed by atoms with van der Waals surface area (Å²) in [5.41, 5.74) is 5.37. The first-order chi connectivity index (χ1) is 6.11. The molecule has 0 aromatic heterocycles. The smallest absolute Gasteiger partial charge is 0.224 e. The van der Waals surface area contributed by atoms with E-state index in [0.717, 1.165) is 13.0 Å². The number of rotatable bonds is 6. The molecule has 1 amide bonds. The van der Waals surface area contributed by atoms with Crippen LogP contribution in [0.15, 0.2) is 0 Å². The van der Waals surface area contributed by atoms with Crippen LogP contribution in [0.2, 0.25) is 0 Å². The van der Waals surface area contributed by atoms with Gasteiger partial charge in [-0.05, 0) is 12.7 Å². The third kappa shape index (κ3) is 5.93. The lowest BCUT2D eigenvalue weighted by atomic mass is 10.1. The van der Waals surface area contributed by atoms with Gasteiger partial charge in [0.25, 0.3) is 0 Å². The van der Waals surface area contributed by atoms with Crippen molar-refractivity contribution in [2.24, 2.45) is 11.7 Å². The van der Waals surface area contributed by atoms with E-state index in [1.54, 1.807) is 0 Å². The van der Waals surface area contributed by atoms with Crippen molar-refractivity contribution < 1.29 is 4.79 Å². The van der Waals surface area contributed by atoms with Crippen molar-refractivity contribution in [3.8, 4) is 0 Å². The van der Waals surface area contributed by atoms with E-state index in [1.807, 2.05) is 18.7 Å². The predicted molar refractivity (Wildman–Crippen MR) is 58.8 cm³/mol. The summed E-state index contributed by atoms with van der Waals surface area (Å²) in [6, 6.07) is 0. The van der Waals surface area contributed by atoms with Crippen LogP contribution < -0.4 is 11.1 Å². The summed E-state index contributed by atoms with van der Waals surface area (Å²) in [5.74, 6) is 0.000360. The Kier molecular flexibility index (Phi) is 7.09. The van der Waals surface area contributed by atoms with Crippen molar-refractivity contribution in [3.05, 3.63) is 0 Å². The minimum absolute atomic E-state index is 0.0652. The fourth-order valence-corrected chi connectivity index (χ4v) is 1.15. The van der Waals surface area contributed by atoms with Crippen LogP contribution >= 0.6 is 11.8 Å². The molecular weight excluding hydrogens is 184 g/mol. The highest BCUT2D eigenvalue weighted by molar-refractivity contribution is 7.99. The van der Waals surface area contributed by atoms with Crippen LogP contribution in [0.25, 0.3) is 0 Å². The van der Waals surface area contributed by atoms with Gasteiger partial charge in [-0.3, -0.25) is 4.79 Å². The maximum atomic E-state index is 11.2. The largest absolute Gasteiger partial charge is 0.356 e. The van der Waals surface area contributed by atoms with E-state index in [0.29, 0.717) is 11.8 Å². The third-order valence-electron chi connectivity index (χ3n) is 2.05. The second kappa shape index (κ2) is 7.21. The molecule has 3 nitrogen and oxygen atoms in total. The van der Waals surface area contributed by atoms with Gasteiger partial charge in [-0.2, -0.15) is 11.8 Å². The molecule has 0 bridgehead atoms. The summed E-state index contributed by atoms with van der Waals surface area (Å²) in [4.78, 5) is 11.2. The molecule has 0 aromatic rings. The summed E-state index contributed by atoms with van der Waals surface area (Å²) >= 11 is 1.81. The Bertz CT molecular complexity index is 153.